The number of ketones is 1. The lowest BCUT2D eigenvalue weighted by Crippen LogP contribution is -2.38. The normalized spacial score (nSPS) is 16.0. The van der Waals surface area contributed by atoms with Gasteiger partial charge in [0, 0.05) is 22.6 Å². The maximum absolute atomic E-state index is 13.6. The van der Waals surface area contributed by atoms with Crippen LogP contribution in [-0.2, 0) is 6.54 Å². The summed E-state index contributed by atoms with van der Waals surface area (Å²) in [5.74, 6) is -0.279. The summed E-state index contributed by atoms with van der Waals surface area (Å²) in [7, 11) is 0. The lowest BCUT2D eigenvalue weighted by atomic mass is 9.81. The van der Waals surface area contributed by atoms with Gasteiger partial charge in [-0.15, -0.1) is 0 Å². The Labute approximate surface area is 195 Å². The van der Waals surface area contributed by atoms with Gasteiger partial charge in [0.1, 0.15) is 5.82 Å². The smallest absolute Gasteiger partial charge is 0.330 e. The van der Waals surface area contributed by atoms with E-state index in [0.717, 1.165) is 22.3 Å². The molecule has 0 saturated heterocycles. The fourth-order valence-electron chi connectivity index (χ4n) is 4.97. The van der Waals surface area contributed by atoms with Crippen molar-refractivity contribution in [1.82, 2.24) is 9.55 Å². The van der Waals surface area contributed by atoms with Crippen molar-refractivity contribution in [2.75, 3.05) is 5.32 Å². The van der Waals surface area contributed by atoms with Crippen LogP contribution in [0.5, 0.6) is 0 Å². The fraction of sp³-hybridized carbons (Fsp3) is 0.107. The number of fused-ring (bicyclic) bond motifs is 3. The molecule has 2 N–H and O–H groups in total. The van der Waals surface area contributed by atoms with Gasteiger partial charge in [-0.3, -0.25) is 19.1 Å². The van der Waals surface area contributed by atoms with E-state index in [4.69, 9.17) is 0 Å². The van der Waals surface area contributed by atoms with Crippen molar-refractivity contribution in [2.24, 2.45) is 0 Å². The number of rotatable bonds is 3. The van der Waals surface area contributed by atoms with Crippen molar-refractivity contribution in [3.63, 3.8) is 0 Å². The minimum Gasteiger partial charge on any atom is -0.340 e. The van der Waals surface area contributed by atoms with Crippen molar-refractivity contribution in [1.29, 1.82) is 0 Å². The van der Waals surface area contributed by atoms with E-state index in [1.54, 1.807) is 10.6 Å². The lowest BCUT2D eigenvalue weighted by molar-refractivity contribution is 0.103. The number of carbonyl (C=O) groups excluding carboxylic acids is 1. The third-order valence-corrected chi connectivity index (χ3v) is 6.61. The molecule has 0 radical (unpaired) electrons. The van der Waals surface area contributed by atoms with E-state index in [9.17, 15) is 14.4 Å². The molecular formula is C28H21N3O3. The maximum Gasteiger partial charge on any atom is 0.330 e. The Kier molecular flexibility index (Phi) is 4.48. The van der Waals surface area contributed by atoms with Gasteiger partial charge in [0.15, 0.2) is 5.78 Å². The van der Waals surface area contributed by atoms with Crippen molar-refractivity contribution < 1.29 is 4.79 Å². The summed E-state index contributed by atoms with van der Waals surface area (Å²) in [5.41, 5.74) is 4.80. The van der Waals surface area contributed by atoms with Gasteiger partial charge in [-0.25, -0.2) is 4.79 Å². The van der Waals surface area contributed by atoms with Crippen molar-refractivity contribution in [3.8, 4) is 0 Å². The van der Waals surface area contributed by atoms with Gasteiger partial charge in [-0.1, -0.05) is 84.4 Å². The number of allylic oxidation sites excluding steroid dienone is 1. The van der Waals surface area contributed by atoms with Crippen LogP contribution in [0.25, 0.3) is 5.70 Å². The Morgan fingerprint density at radius 2 is 1.50 bits per heavy atom. The Hall–Kier alpha value is -4.45. The molecule has 166 valence electrons. The van der Waals surface area contributed by atoms with Crippen LogP contribution in [-0.4, -0.2) is 15.3 Å². The molecule has 0 amide bonds. The molecule has 1 unspecified atom stereocenters. The molecule has 1 aliphatic carbocycles. The number of benzene rings is 3. The minimum atomic E-state index is -0.599. The number of carbonyl (C=O) groups is 1. The second-order valence-corrected chi connectivity index (χ2v) is 8.73. The van der Waals surface area contributed by atoms with Crippen molar-refractivity contribution in [3.05, 3.63) is 139 Å². The molecule has 0 spiro atoms. The second-order valence-electron chi connectivity index (χ2n) is 8.73. The van der Waals surface area contributed by atoms with Gasteiger partial charge in [-0.2, -0.15) is 0 Å². The van der Waals surface area contributed by atoms with Crippen LogP contribution in [0.4, 0.5) is 5.82 Å². The third kappa shape index (κ3) is 2.99. The molecule has 4 aromatic rings. The van der Waals surface area contributed by atoms with Gasteiger partial charge in [-0.05, 0) is 18.1 Å². The average molecular weight is 447 g/mol. The molecule has 0 saturated carbocycles. The molecule has 6 heteroatoms. The van der Waals surface area contributed by atoms with Gasteiger partial charge in [0.2, 0.25) is 0 Å². The number of hydrogen-bond acceptors (Lipinski definition) is 4. The SMILES string of the molecule is Cc1ccc(C2C3=C(Nc4c2c(=O)[nH]c(=O)n4Cc2ccccc2)c2ccccc2C3=O)cc1. The van der Waals surface area contributed by atoms with E-state index in [0.29, 0.717) is 28.2 Å². The highest BCUT2D eigenvalue weighted by atomic mass is 16.2. The molecular weight excluding hydrogens is 426 g/mol. The van der Waals surface area contributed by atoms with Crippen LogP contribution < -0.4 is 16.6 Å². The highest BCUT2D eigenvalue weighted by Crippen LogP contribution is 2.47. The molecule has 2 heterocycles. The predicted octanol–water partition coefficient (Wildman–Crippen LogP) is 4.06. The molecule has 3 aromatic carbocycles. The summed E-state index contributed by atoms with van der Waals surface area (Å²) in [5, 5.41) is 3.33. The van der Waals surface area contributed by atoms with E-state index in [2.05, 4.69) is 10.3 Å². The van der Waals surface area contributed by atoms with Gasteiger partial charge in [0.05, 0.1) is 17.8 Å². The van der Waals surface area contributed by atoms with Crippen LogP contribution >= 0.6 is 0 Å². The van der Waals surface area contributed by atoms with Crippen LogP contribution in [0.3, 0.4) is 0 Å². The van der Waals surface area contributed by atoms with E-state index < -0.39 is 17.2 Å². The number of H-pyrrole nitrogens is 1. The Morgan fingerprint density at radius 3 is 2.24 bits per heavy atom. The van der Waals surface area contributed by atoms with Crippen LogP contribution in [0.2, 0.25) is 0 Å². The lowest BCUT2D eigenvalue weighted by Gasteiger charge is -2.29. The number of nitrogens with one attached hydrogen (secondary N) is 2. The Balaban J connectivity index is 1.64. The number of nitrogens with zero attached hydrogens (tertiary/aromatic N) is 1. The number of anilines is 1. The summed E-state index contributed by atoms with van der Waals surface area (Å²) >= 11 is 0. The first kappa shape index (κ1) is 20.2. The largest absolute Gasteiger partial charge is 0.340 e. The minimum absolute atomic E-state index is 0.102. The van der Waals surface area contributed by atoms with Gasteiger partial charge in [0.25, 0.3) is 5.56 Å². The topological polar surface area (TPSA) is 84.0 Å². The first-order valence-corrected chi connectivity index (χ1v) is 11.2. The molecule has 0 fully saturated rings. The number of hydrogen-bond donors (Lipinski definition) is 2. The van der Waals surface area contributed by atoms with E-state index >= 15 is 0 Å². The Morgan fingerprint density at radius 1 is 0.824 bits per heavy atom. The molecule has 1 aliphatic heterocycles. The highest BCUT2D eigenvalue weighted by Gasteiger charge is 2.42. The number of Topliss-reactive ketones (excluding diaryl/α,β-unsaturated/α-hetero) is 1. The van der Waals surface area contributed by atoms with E-state index in [-0.39, 0.29) is 12.3 Å². The number of aryl methyl sites for hydroxylation is 1. The summed E-state index contributed by atoms with van der Waals surface area (Å²) in [6.07, 6.45) is 0. The Bertz CT molecular complexity index is 1610. The van der Waals surface area contributed by atoms with Gasteiger partial charge < -0.3 is 5.32 Å². The maximum atomic E-state index is 13.6. The predicted molar refractivity (Wildman–Crippen MR) is 131 cm³/mol. The zero-order valence-corrected chi connectivity index (χ0v) is 18.5. The number of aromatic nitrogens is 2. The standard InChI is InChI=1S/C28H21N3O3/c1-16-11-13-18(14-12-16)21-22-24(19-9-5-6-10-20(19)25(22)32)29-26-23(21)27(33)30-28(34)31(26)15-17-7-3-2-4-8-17/h2-14,21,29H,15H2,1H3,(H,30,33,34). The van der Waals surface area contributed by atoms with Crippen LogP contribution in [0.1, 0.15) is 44.1 Å². The van der Waals surface area contributed by atoms with Crippen molar-refractivity contribution in [2.45, 2.75) is 19.4 Å². The molecule has 1 aromatic heterocycles. The summed E-state index contributed by atoms with van der Waals surface area (Å²) in [6.45, 7) is 2.27. The second kappa shape index (κ2) is 7.56. The van der Waals surface area contributed by atoms with Crippen molar-refractivity contribution >= 4 is 17.3 Å². The average Bonchev–Trinajstić information content (AvgIpc) is 3.14. The summed E-state index contributed by atoms with van der Waals surface area (Å²) < 4.78 is 1.54. The fourth-order valence-corrected chi connectivity index (χ4v) is 4.97. The zero-order chi connectivity index (χ0) is 23.4. The first-order valence-electron chi connectivity index (χ1n) is 11.2. The third-order valence-electron chi connectivity index (χ3n) is 6.61. The summed E-state index contributed by atoms with van der Waals surface area (Å²) in [4.78, 5) is 42.3. The molecule has 6 rings (SSSR count). The molecule has 2 aliphatic rings. The first-order chi connectivity index (χ1) is 16.5. The number of aromatic amines is 1. The van der Waals surface area contributed by atoms with Crippen LogP contribution in [0.15, 0.2) is 94.0 Å². The van der Waals surface area contributed by atoms with Gasteiger partial charge >= 0.3 is 5.69 Å². The van der Waals surface area contributed by atoms with E-state index in [1.807, 2.05) is 79.7 Å². The quantitative estimate of drug-likeness (QED) is 0.496. The molecule has 34 heavy (non-hydrogen) atoms. The molecule has 1 atom stereocenters. The van der Waals surface area contributed by atoms with Crippen LogP contribution in [0, 0.1) is 6.92 Å². The monoisotopic (exact) mass is 447 g/mol. The van der Waals surface area contributed by atoms with E-state index in [1.165, 1.54) is 0 Å². The molecule has 0 bridgehead atoms. The zero-order valence-electron chi connectivity index (χ0n) is 18.5. The molecule has 6 nitrogen and oxygen atoms in total. The summed E-state index contributed by atoms with van der Waals surface area (Å²) in [6, 6.07) is 24.9. The highest BCUT2D eigenvalue weighted by molar-refractivity contribution is 6.23.